The van der Waals surface area contributed by atoms with Crippen molar-refractivity contribution in [1.82, 2.24) is 10.2 Å². The lowest BCUT2D eigenvalue weighted by molar-refractivity contribution is -0.139. The highest BCUT2D eigenvalue weighted by atomic mass is 35.5. The molecule has 10 heteroatoms. The zero-order valence-electron chi connectivity index (χ0n) is 21.6. The summed E-state index contributed by atoms with van der Waals surface area (Å²) in [4.78, 5) is 27.5. The summed E-state index contributed by atoms with van der Waals surface area (Å²) in [5.41, 5.74) is 2.07. The zero-order valence-corrected chi connectivity index (χ0v) is 23.2. The van der Waals surface area contributed by atoms with Crippen molar-refractivity contribution >= 4 is 39.1 Å². The number of hydrogen-bond donors (Lipinski definition) is 1. The number of sulfonamides is 1. The van der Waals surface area contributed by atoms with Gasteiger partial charge in [0.2, 0.25) is 21.8 Å². The van der Waals surface area contributed by atoms with Crippen LogP contribution in [0.4, 0.5) is 5.69 Å². The number of carbonyl (C=O) groups is 2. The van der Waals surface area contributed by atoms with Crippen LogP contribution in [0.15, 0.2) is 78.9 Å². The van der Waals surface area contributed by atoms with Gasteiger partial charge in [-0.05, 0) is 61.4 Å². The molecule has 1 atom stereocenters. The van der Waals surface area contributed by atoms with Crippen molar-refractivity contribution in [3.05, 3.63) is 95.0 Å². The van der Waals surface area contributed by atoms with Crippen molar-refractivity contribution in [3.8, 4) is 5.75 Å². The molecule has 2 amide bonds. The van der Waals surface area contributed by atoms with Gasteiger partial charge in [-0.1, -0.05) is 54.1 Å². The van der Waals surface area contributed by atoms with Gasteiger partial charge >= 0.3 is 0 Å². The molecule has 0 spiro atoms. The number of carbonyl (C=O) groups excluding carboxylic acids is 2. The van der Waals surface area contributed by atoms with Gasteiger partial charge in [-0.3, -0.25) is 13.9 Å². The Morgan fingerprint density at radius 3 is 2.16 bits per heavy atom. The molecule has 8 nitrogen and oxygen atoms in total. The van der Waals surface area contributed by atoms with Crippen molar-refractivity contribution in [2.75, 3.05) is 23.7 Å². The molecule has 0 saturated heterocycles. The van der Waals surface area contributed by atoms with Gasteiger partial charge in [-0.15, -0.1) is 0 Å². The first-order valence-electron chi connectivity index (χ1n) is 12.1. The first-order chi connectivity index (χ1) is 18.1. The van der Waals surface area contributed by atoms with Crippen LogP contribution < -0.4 is 14.4 Å². The molecule has 0 aromatic heterocycles. The predicted molar refractivity (Wildman–Crippen MR) is 150 cm³/mol. The summed E-state index contributed by atoms with van der Waals surface area (Å²) >= 11 is 5.99. The number of ether oxygens (including phenoxy) is 1. The number of anilines is 1. The molecule has 3 rings (SSSR count). The van der Waals surface area contributed by atoms with Gasteiger partial charge < -0.3 is 15.0 Å². The summed E-state index contributed by atoms with van der Waals surface area (Å²) < 4.78 is 32.2. The van der Waals surface area contributed by atoms with E-state index in [1.54, 1.807) is 62.4 Å². The number of nitrogens with one attached hydrogen (secondary N) is 1. The Hall–Kier alpha value is -3.56. The molecule has 0 aliphatic heterocycles. The SMILES string of the molecule is CCNC(=O)C(C)N(Cc1ccc(Cl)cc1)C(=O)CN(c1ccc(OCc2ccccc2)cc1)S(C)(=O)=O. The second kappa shape index (κ2) is 13.3. The number of likely N-dealkylation sites (N-methyl/N-ethyl adjacent to an activating group) is 1. The minimum absolute atomic E-state index is 0.109. The molecule has 1 unspecified atom stereocenters. The third kappa shape index (κ3) is 8.22. The Kier molecular flexibility index (Phi) is 10.2. The summed E-state index contributed by atoms with van der Waals surface area (Å²) in [5, 5.41) is 3.27. The normalized spacial score (nSPS) is 11.9. The fourth-order valence-electron chi connectivity index (χ4n) is 3.75. The third-order valence-corrected chi connectivity index (χ3v) is 7.23. The van der Waals surface area contributed by atoms with Gasteiger partial charge in [0.25, 0.3) is 0 Å². The summed E-state index contributed by atoms with van der Waals surface area (Å²) in [6, 6.07) is 22.2. The number of benzene rings is 3. The fourth-order valence-corrected chi connectivity index (χ4v) is 4.73. The highest BCUT2D eigenvalue weighted by Gasteiger charge is 2.30. The number of rotatable bonds is 12. The van der Waals surface area contributed by atoms with Crippen LogP contribution in [0.3, 0.4) is 0 Å². The van der Waals surface area contributed by atoms with Crippen molar-refractivity contribution < 1.29 is 22.7 Å². The Morgan fingerprint density at radius 1 is 0.947 bits per heavy atom. The van der Waals surface area contributed by atoms with Crippen molar-refractivity contribution in [2.24, 2.45) is 0 Å². The van der Waals surface area contributed by atoms with Crippen LogP contribution in [-0.2, 0) is 32.8 Å². The van der Waals surface area contributed by atoms with Crippen LogP contribution in [-0.4, -0.2) is 50.5 Å². The minimum Gasteiger partial charge on any atom is -0.489 e. The maximum atomic E-state index is 13.5. The summed E-state index contributed by atoms with van der Waals surface area (Å²) in [6.45, 7) is 3.81. The van der Waals surface area contributed by atoms with Gasteiger partial charge in [0, 0.05) is 18.1 Å². The quantitative estimate of drug-likeness (QED) is 0.359. The van der Waals surface area contributed by atoms with Crippen LogP contribution >= 0.6 is 11.6 Å². The molecule has 0 aliphatic rings. The van der Waals surface area contributed by atoms with Crippen molar-refractivity contribution in [2.45, 2.75) is 33.0 Å². The second-order valence-corrected chi connectivity index (χ2v) is 11.1. The molecular formula is C28H32ClN3O5S. The average Bonchev–Trinajstić information content (AvgIpc) is 2.90. The molecule has 1 N–H and O–H groups in total. The summed E-state index contributed by atoms with van der Waals surface area (Å²) in [5.74, 6) is -0.291. The summed E-state index contributed by atoms with van der Waals surface area (Å²) in [6.07, 6.45) is 1.04. The molecule has 0 aliphatic carbocycles. The lowest BCUT2D eigenvalue weighted by Crippen LogP contribution is -2.51. The largest absolute Gasteiger partial charge is 0.489 e. The summed E-state index contributed by atoms with van der Waals surface area (Å²) in [7, 11) is -3.82. The molecule has 0 fully saturated rings. The molecule has 3 aromatic rings. The van der Waals surface area contributed by atoms with Crippen LogP contribution in [0.2, 0.25) is 5.02 Å². The highest BCUT2D eigenvalue weighted by molar-refractivity contribution is 7.92. The van der Waals surface area contributed by atoms with E-state index in [0.717, 1.165) is 21.7 Å². The maximum absolute atomic E-state index is 13.5. The van der Waals surface area contributed by atoms with E-state index in [1.807, 2.05) is 30.3 Å². The lowest BCUT2D eigenvalue weighted by Gasteiger charge is -2.31. The van der Waals surface area contributed by atoms with E-state index in [9.17, 15) is 18.0 Å². The Balaban J connectivity index is 1.80. The molecule has 3 aromatic carbocycles. The molecule has 0 saturated carbocycles. The second-order valence-electron chi connectivity index (χ2n) is 8.76. The van der Waals surface area contributed by atoms with Crippen molar-refractivity contribution in [3.63, 3.8) is 0 Å². The molecular weight excluding hydrogens is 526 g/mol. The van der Waals surface area contributed by atoms with E-state index >= 15 is 0 Å². The smallest absolute Gasteiger partial charge is 0.244 e. The van der Waals surface area contributed by atoms with Gasteiger partial charge in [0.15, 0.2) is 0 Å². The van der Waals surface area contributed by atoms with E-state index in [4.69, 9.17) is 16.3 Å². The molecule has 38 heavy (non-hydrogen) atoms. The van der Waals surface area contributed by atoms with E-state index < -0.39 is 28.5 Å². The monoisotopic (exact) mass is 557 g/mol. The van der Waals surface area contributed by atoms with E-state index in [1.165, 1.54) is 4.90 Å². The van der Waals surface area contributed by atoms with Gasteiger partial charge in [-0.25, -0.2) is 8.42 Å². The van der Waals surface area contributed by atoms with E-state index in [-0.39, 0.29) is 12.5 Å². The molecule has 202 valence electrons. The van der Waals surface area contributed by atoms with Crippen LogP contribution in [0.5, 0.6) is 5.75 Å². The minimum atomic E-state index is -3.82. The highest BCUT2D eigenvalue weighted by Crippen LogP contribution is 2.23. The van der Waals surface area contributed by atoms with Gasteiger partial charge in [-0.2, -0.15) is 0 Å². The van der Waals surface area contributed by atoms with Crippen LogP contribution in [0.1, 0.15) is 25.0 Å². The Bertz CT molecular complexity index is 1320. The topological polar surface area (TPSA) is 96.0 Å². The molecule has 0 radical (unpaired) electrons. The van der Waals surface area contributed by atoms with Crippen LogP contribution in [0, 0.1) is 0 Å². The molecule has 0 heterocycles. The van der Waals surface area contributed by atoms with Crippen molar-refractivity contribution in [1.29, 1.82) is 0 Å². The standard InChI is InChI=1S/C28H32ClN3O5S/c1-4-30-28(34)21(2)31(18-22-10-12-24(29)13-11-22)27(33)19-32(38(3,35)36)25-14-16-26(17-15-25)37-20-23-8-6-5-7-9-23/h5-17,21H,4,18-20H2,1-3H3,(H,30,34). The number of halogens is 1. The first kappa shape index (κ1) is 29.0. The van der Waals surface area contributed by atoms with E-state index in [0.29, 0.717) is 29.6 Å². The van der Waals surface area contributed by atoms with Crippen LogP contribution in [0.25, 0.3) is 0 Å². The zero-order chi connectivity index (χ0) is 27.7. The predicted octanol–water partition coefficient (Wildman–Crippen LogP) is 4.24. The number of hydrogen-bond acceptors (Lipinski definition) is 5. The third-order valence-electron chi connectivity index (χ3n) is 5.84. The fraction of sp³-hybridized carbons (Fsp3) is 0.286. The average molecular weight is 558 g/mol. The van der Waals surface area contributed by atoms with E-state index in [2.05, 4.69) is 5.32 Å². The molecule has 0 bridgehead atoms. The maximum Gasteiger partial charge on any atom is 0.244 e. The Morgan fingerprint density at radius 2 is 1.58 bits per heavy atom. The lowest BCUT2D eigenvalue weighted by atomic mass is 10.1. The number of amides is 2. The van der Waals surface area contributed by atoms with Gasteiger partial charge in [0.05, 0.1) is 11.9 Å². The Labute approximate surface area is 229 Å². The first-order valence-corrected chi connectivity index (χ1v) is 14.4. The van der Waals surface area contributed by atoms with Gasteiger partial charge in [0.1, 0.15) is 24.9 Å². The number of nitrogens with zero attached hydrogens (tertiary/aromatic N) is 2.